The van der Waals surface area contributed by atoms with Gasteiger partial charge < -0.3 is 60.9 Å². The van der Waals surface area contributed by atoms with Gasteiger partial charge in [0.05, 0.1) is 6.61 Å². The van der Waals surface area contributed by atoms with Crippen molar-refractivity contribution in [2.75, 3.05) is 6.61 Å². The quantitative estimate of drug-likeness (QED) is 0.209. The number of aliphatic hydroxyl groups excluding tert-OH is 11. The molecular weight excluding hydrogens is 336 g/mol. The maximum Gasteiger partial charge on any atom is 0.184 e. The first-order valence-electron chi connectivity index (χ1n) is 7.11. The van der Waals surface area contributed by atoms with E-state index in [1.165, 1.54) is 0 Å². The largest absolute Gasteiger partial charge is 0.394 e. The van der Waals surface area contributed by atoms with E-state index in [4.69, 9.17) is 56.2 Å². The number of rotatable bonds is 1. The van der Waals surface area contributed by atoms with E-state index < -0.39 is 73.9 Å². The molecule has 1 saturated carbocycles. The van der Waals surface area contributed by atoms with Crippen LogP contribution >= 0.6 is 0 Å². The Kier molecular flexibility index (Phi) is 7.86. The molecule has 2 rings (SSSR count). The molecule has 24 heavy (non-hydrogen) atoms. The van der Waals surface area contributed by atoms with Gasteiger partial charge in [-0.05, 0) is 0 Å². The Hall–Kier alpha value is -0.480. The molecular formula is C12H24O12. The monoisotopic (exact) mass is 360 g/mol. The normalized spacial score (nSPS) is 52.4. The molecule has 1 saturated heterocycles. The van der Waals surface area contributed by atoms with E-state index in [0.717, 1.165) is 0 Å². The van der Waals surface area contributed by atoms with Gasteiger partial charge in [-0.3, -0.25) is 0 Å². The van der Waals surface area contributed by atoms with Crippen LogP contribution < -0.4 is 0 Å². The Balaban J connectivity index is 0.000000240. The van der Waals surface area contributed by atoms with Gasteiger partial charge in [0.25, 0.3) is 0 Å². The highest BCUT2D eigenvalue weighted by atomic mass is 16.6. The molecule has 0 radical (unpaired) electrons. The number of hydrogen-bond donors (Lipinski definition) is 11. The Morgan fingerprint density at radius 3 is 1.04 bits per heavy atom. The van der Waals surface area contributed by atoms with Gasteiger partial charge in [-0.25, -0.2) is 0 Å². The van der Waals surface area contributed by atoms with E-state index in [1.54, 1.807) is 0 Å². The van der Waals surface area contributed by atoms with Gasteiger partial charge in [-0.2, -0.15) is 0 Å². The summed E-state index contributed by atoms with van der Waals surface area (Å²) in [4.78, 5) is 0. The average Bonchev–Trinajstić information content (AvgIpc) is 2.58. The van der Waals surface area contributed by atoms with Crippen LogP contribution in [0.5, 0.6) is 0 Å². The highest BCUT2D eigenvalue weighted by molar-refractivity contribution is 4.98. The van der Waals surface area contributed by atoms with Gasteiger partial charge >= 0.3 is 0 Å². The van der Waals surface area contributed by atoms with Gasteiger partial charge in [-0.1, -0.05) is 0 Å². The highest BCUT2D eigenvalue weighted by Gasteiger charge is 2.47. The predicted octanol–water partition coefficient (Wildman–Crippen LogP) is -7.06. The van der Waals surface area contributed by atoms with Crippen molar-refractivity contribution in [1.82, 2.24) is 0 Å². The van der Waals surface area contributed by atoms with Crippen LogP contribution in [0.15, 0.2) is 0 Å². The first-order chi connectivity index (χ1) is 11.0. The lowest BCUT2D eigenvalue weighted by Crippen LogP contribution is -2.63. The first kappa shape index (κ1) is 21.6. The second-order valence-corrected chi connectivity index (χ2v) is 5.66. The molecule has 1 unspecified atom stereocenters. The fraction of sp³-hybridized carbons (Fsp3) is 1.00. The van der Waals surface area contributed by atoms with Gasteiger partial charge in [0.2, 0.25) is 0 Å². The molecule has 2 fully saturated rings. The third-order valence-corrected chi connectivity index (χ3v) is 3.97. The lowest BCUT2D eigenvalue weighted by atomic mass is 9.85. The molecule has 5 atom stereocenters. The number of hydrogen-bond acceptors (Lipinski definition) is 12. The predicted molar refractivity (Wildman–Crippen MR) is 72.0 cm³/mol. The molecule has 1 aliphatic heterocycles. The minimum Gasteiger partial charge on any atom is -0.394 e. The van der Waals surface area contributed by atoms with Crippen molar-refractivity contribution in [1.29, 1.82) is 0 Å². The Morgan fingerprint density at radius 1 is 0.458 bits per heavy atom. The molecule has 144 valence electrons. The summed E-state index contributed by atoms with van der Waals surface area (Å²) in [5.41, 5.74) is 0. The van der Waals surface area contributed by atoms with Crippen LogP contribution in [0, 0.1) is 0 Å². The van der Waals surface area contributed by atoms with Gasteiger partial charge in [0.1, 0.15) is 61.0 Å². The summed E-state index contributed by atoms with van der Waals surface area (Å²) in [6.45, 7) is -0.526. The standard InChI is InChI=1S/2C6H12O6/c7-1-2-3(8)4(9)5(10)6(11)12-2;7-1-2(8)4(10)6(12)5(11)3(1)9/h2-11H,1H2;1-12H/t2-,3-,4+,5-,6?;/m1./s1. The zero-order valence-electron chi connectivity index (χ0n) is 12.4. The van der Waals surface area contributed by atoms with Gasteiger partial charge in [-0.15, -0.1) is 0 Å². The first-order valence-corrected chi connectivity index (χ1v) is 7.11. The minimum absolute atomic E-state index is 0.526. The topological polar surface area (TPSA) is 232 Å². The molecule has 0 aromatic carbocycles. The second-order valence-electron chi connectivity index (χ2n) is 5.66. The molecule has 12 nitrogen and oxygen atoms in total. The third kappa shape index (κ3) is 4.37. The summed E-state index contributed by atoms with van der Waals surface area (Å²) in [6, 6.07) is 0. The van der Waals surface area contributed by atoms with Crippen molar-refractivity contribution < 1.29 is 60.9 Å². The van der Waals surface area contributed by atoms with Crippen molar-refractivity contribution in [3.63, 3.8) is 0 Å². The van der Waals surface area contributed by atoms with Crippen molar-refractivity contribution in [3.05, 3.63) is 0 Å². The van der Waals surface area contributed by atoms with Crippen LogP contribution in [0.1, 0.15) is 0 Å². The molecule has 0 spiro atoms. The van der Waals surface area contributed by atoms with E-state index in [0.29, 0.717) is 0 Å². The van der Waals surface area contributed by atoms with Crippen molar-refractivity contribution in [2.24, 2.45) is 0 Å². The summed E-state index contributed by atoms with van der Waals surface area (Å²) in [5, 5.41) is 98.5. The van der Waals surface area contributed by atoms with E-state index >= 15 is 0 Å². The van der Waals surface area contributed by atoms with E-state index in [2.05, 4.69) is 4.74 Å². The van der Waals surface area contributed by atoms with Crippen molar-refractivity contribution >= 4 is 0 Å². The van der Waals surface area contributed by atoms with Crippen LogP contribution in [-0.2, 0) is 4.74 Å². The SMILES string of the molecule is OC1C(O)C(O)C(O)C(O)C1O.OC[C@H]1OC(O)[C@H](O)[C@@H](O)[C@@H]1O. The summed E-state index contributed by atoms with van der Waals surface area (Å²) in [5.74, 6) is 0. The Morgan fingerprint density at radius 2 is 0.750 bits per heavy atom. The second kappa shape index (κ2) is 8.75. The molecule has 0 amide bonds. The van der Waals surface area contributed by atoms with E-state index in [9.17, 15) is 0 Å². The van der Waals surface area contributed by atoms with Crippen LogP contribution in [0.3, 0.4) is 0 Å². The maximum atomic E-state index is 9.12. The summed E-state index contributed by atoms with van der Waals surface area (Å²) in [7, 11) is 0. The summed E-state index contributed by atoms with van der Waals surface area (Å²) < 4.78 is 4.58. The van der Waals surface area contributed by atoms with Crippen molar-refractivity contribution in [3.8, 4) is 0 Å². The Bertz CT molecular complexity index is 305. The van der Waals surface area contributed by atoms with Crippen molar-refractivity contribution in [2.45, 2.75) is 67.3 Å². The molecule has 0 bridgehead atoms. The van der Waals surface area contributed by atoms with E-state index in [1.807, 2.05) is 0 Å². The van der Waals surface area contributed by atoms with Gasteiger partial charge in [0, 0.05) is 0 Å². The minimum atomic E-state index is -1.64. The third-order valence-electron chi connectivity index (χ3n) is 3.97. The van der Waals surface area contributed by atoms with Crippen LogP contribution in [-0.4, -0.2) is 130 Å². The number of ether oxygens (including phenoxy) is 1. The lowest BCUT2D eigenvalue weighted by molar-refractivity contribution is -0.286. The zero-order chi connectivity index (χ0) is 18.8. The maximum absolute atomic E-state index is 9.12. The molecule has 2 aliphatic rings. The molecule has 11 N–H and O–H groups in total. The van der Waals surface area contributed by atoms with Gasteiger partial charge in [0.15, 0.2) is 6.29 Å². The Labute approximate surface area is 136 Å². The molecule has 0 aromatic heterocycles. The molecule has 1 aliphatic carbocycles. The molecule has 0 aromatic rings. The fourth-order valence-corrected chi connectivity index (χ4v) is 2.29. The lowest BCUT2D eigenvalue weighted by Gasteiger charge is -2.39. The summed E-state index contributed by atoms with van der Waals surface area (Å²) >= 11 is 0. The summed E-state index contributed by atoms with van der Waals surface area (Å²) in [6.07, 6.45) is -16.9. The average molecular weight is 360 g/mol. The van der Waals surface area contributed by atoms with Crippen LogP contribution in [0.4, 0.5) is 0 Å². The smallest absolute Gasteiger partial charge is 0.184 e. The van der Waals surface area contributed by atoms with Crippen LogP contribution in [0.2, 0.25) is 0 Å². The van der Waals surface area contributed by atoms with Crippen LogP contribution in [0.25, 0.3) is 0 Å². The molecule has 12 heteroatoms. The number of aliphatic hydroxyl groups is 11. The van der Waals surface area contributed by atoms with E-state index in [-0.39, 0.29) is 0 Å². The fourth-order valence-electron chi connectivity index (χ4n) is 2.29. The molecule has 1 heterocycles. The zero-order valence-corrected chi connectivity index (χ0v) is 12.4. The highest BCUT2D eigenvalue weighted by Crippen LogP contribution is 2.21.